The Hall–Kier alpha value is -0.840. The number of nitrogens with one attached hydrogen (secondary N) is 2. The summed E-state index contributed by atoms with van der Waals surface area (Å²) in [6.45, 7) is 5.33. The lowest BCUT2D eigenvalue weighted by atomic mass is 10.1. The SMILES string of the molecule is CC(C)CCCCNc1cn[nH]c(=O)c1Br. The maximum atomic E-state index is 11.2. The Balaban J connectivity index is 2.32. The molecule has 1 rings (SSSR count). The predicted molar refractivity (Wildman–Crippen MR) is 69.7 cm³/mol. The van der Waals surface area contributed by atoms with E-state index in [9.17, 15) is 4.79 Å². The highest BCUT2D eigenvalue weighted by Crippen LogP contribution is 2.15. The van der Waals surface area contributed by atoms with Gasteiger partial charge in [0.25, 0.3) is 5.56 Å². The molecule has 1 aromatic heterocycles. The average Bonchev–Trinajstić information content (AvgIpc) is 2.23. The third-order valence-corrected chi connectivity index (χ3v) is 3.11. The molecule has 0 radical (unpaired) electrons. The fourth-order valence-corrected chi connectivity index (χ4v) is 1.74. The minimum absolute atomic E-state index is 0.202. The van der Waals surface area contributed by atoms with Crippen LogP contribution in [0.5, 0.6) is 0 Å². The molecule has 0 spiro atoms. The van der Waals surface area contributed by atoms with E-state index in [1.807, 2.05) is 0 Å². The van der Waals surface area contributed by atoms with Crippen LogP contribution in [0.4, 0.5) is 5.69 Å². The molecule has 0 saturated carbocycles. The molecule has 5 heteroatoms. The second-order valence-corrected chi connectivity index (χ2v) is 5.04. The van der Waals surface area contributed by atoms with Gasteiger partial charge in [-0.2, -0.15) is 5.10 Å². The highest BCUT2D eigenvalue weighted by Gasteiger charge is 2.03. The Bertz CT molecular complexity index is 376. The van der Waals surface area contributed by atoms with Crippen LogP contribution >= 0.6 is 15.9 Å². The topological polar surface area (TPSA) is 57.8 Å². The van der Waals surface area contributed by atoms with Crippen molar-refractivity contribution in [2.45, 2.75) is 33.1 Å². The van der Waals surface area contributed by atoms with Gasteiger partial charge in [0.2, 0.25) is 0 Å². The molecule has 90 valence electrons. The number of hydrogen-bond acceptors (Lipinski definition) is 3. The second-order valence-electron chi connectivity index (χ2n) is 4.24. The summed E-state index contributed by atoms with van der Waals surface area (Å²) in [7, 11) is 0. The Kier molecular flexibility index (Phi) is 5.52. The molecule has 16 heavy (non-hydrogen) atoms. The van der Waals surface area contributed by atoms with Gasteiger partial charge in [-0.05, 0) is 28.3 Å². The van der Waals surface area contributed by atoms with Crippen molar-refractivity contribution in [2.75, 3.05) is 11.9 Å². The van der Waals surface area contributed by atoms with Gasteiger partial charge < -0.3 is 5.32 Å². The molecule has 0 aliphatic carbocycles. The number of unbranched alkanes of at least 4 members (excludes halogenated alkanes) is 1. The Morgan fingerprint density at radius 3 is 2.94 bits per heavy atom. The molecule has 1 aromatic rings. The first-order valence-electron chi connectivity index (χ1n) is 5.58. The molecule has 0 aromatic carbocycles. The number of halogens is 1. The number of rotatable bonds is 6. The minimum atomic E-state index is -0.202. The number of anilines is 1. The van der Waals surface area contributed by atoms with E-state index in [0.717, 1.165) is 24.6 Å². The summed E-state index contributed by atoms with van der Waals surface area (Å²) in [5, 5.41) is 9.30. The molecule has 0 saturated heterocycles. The van der Waals surface area contributed by atoms with Gasteiger partial charge in [-0.25, -0.2) is 5.10 Å². The monoisotopic (exact) mass is 287 g/mol. The molecular formula is C11H18BrN3O. The second kappa shape index (κ2) is 6.68. The molecule has 0 aliphatic heterocycles. The van der Waals surface area contributed by atoms with Crippen molar-refractivity contribution in [1.29, 1.82) is 0 Å². The van der Waals surface area contributed by atoms with Gasteiger partial charge in [0.1, 0.15) is 4.47 Å². The van der Waals surface area contributed by atoms with E-state index in [2.05, 4.69) is 45.3 Å². The number of aromatic nitrogens is 2. The van der Waals surface area contributed by atoms with E-state index < -0.39 is 0 Å². The van der Waals surface area contributed by atoms with Crippen molar-refractivity contribution in [1.82, 2.24) is 10.2 Å². The normalized spacial score (nSPS) is 10.8. The van der Waals surface area contributed by atoms with E-state index in [1.165, 1.54) is 12.8 Å². The molecule has 0 fully saturated rings. The third kappa shape index (κ3) is 4.35. The summed E-state index contributed by atoms with van der Waals surface area (Å²) in [4.78, 5) is 11.2. The van der Waals surface area contributed by atoms with Crippen LogP contribution in [0.2, 0.25) is 0 Å². The van der Waals surface area contributed by atoms with Crippen molar-refractivity contribution < 1.29 is 0 Å². The highest BCUT2D eigenvalue weighted by molar-refractivity contribution is 9.10. The molecule has 0 bridgehead atoms. The lowest BCUT2D eigenvalue weighted by Crippen LogP contribution is -2.12. The molecular weight excluding hydrogens is 270 g/mol. The number of hydrogen-bond donors (Lipinski definition) is 2. The van der Waals surface area contributed by atoms with E-state index in [-0.39, 0.29) is 5.56 Å². The maximum Gasteiger partial charge on any atom is 0.280 e. The van der Waals surface area contributed by atoms with Crippen molar-refractivity contribution in [3.63, 3.8) is 0 Å². The van der Waals surface area contributed by atoms with Crippen LogP contribution in [0, 0.1) is 5.92 Å². The van der Waals surface area contributed by atoms with Crippen molar-refractivity contribution in [3.05, 3.63) is 21.0 Å². The minimum Gasteiger partial charge on any atom is -0.383 e. The lowest BCUT2D eigenvalue weighted by Gasteiger charge is -2.07. The summed E-state index contributed by atoms with van der Waals surface area (Å²) >= 11 is 3.23. The van der Waals surface area contributed by atoms with Crippen LogP contribution in [-0.2, 0) is 0 Å². The van der Waals surface area contributed by atoms with Gasteiger partial charge in [0.05, 0.1) is 11.9 Å². The summed E-state index contributed by atoms with van der Waals surface area (Å²) in [6.07, 6.45) is 5.18. The lowest BCUT2D eigenvalue weighted by molar-refractivity contribution is 0.544. The van der Waals surface area contributed by atoms with Crippen LogP contribution < -0.4 is 10.9 Å². The molecule has 1 heterocycles. The first kappa shape index (κ1) is 13.2. The summed E-state index contributed by atoms with van der Waals surface area (Å²) in [6, 6.07) is 0. The highest BCUT2D eigenvalue weighted by atomic mass is 79.9. The van der Waals surface area contributed by atoms with E-state index in [0.29, 0.717) is 4.47 Å². The average molecular weight is 288 g/mol. The molecule has 0 amide bonds. The van der Waals surface area contributed by atoms with Gasteiger partial charge in [0, 0.05) is 6.54 Å². The quantitative estimate of drug-likeness (QED) is 0.791. The summed E-state index contributed by atoms with van der Waals surface area (Å²) in [5.74, 6) is 0.757. The van der Waals surface area contributed by atoms with Crippen LogP contribution in [0.1, 0.15) is 33.1 Å². The molecule has 0 atom stereocenters. The van der Waals surface area contributed by atoms with Gasteiger partial charge in [-0.1, -0.05) is 26.7 Å². The van der Waals surface area contributed by atoms with Gasteiger partial charge in [-0.15, -0.1) is 0 Å². The first-order chi connectivity index (χ1) is 7.61. The van der Waals surface area contributed by atoms with Crippen LogP contribution in [0.3, 0.4) is 0 Å². The molecule has 0 aliphatic rings. The Morgan fingerprint density at radius 1 is 1.50 bits per heavy atom. The molecule has 0 unspecified atom stereocenters. The third-order valence-electron chi connectivity index (χ3n) is 2.32. The van der Waals surface area contributed by atoms with E-state index in [1.54, 1.807) is 6.20 Å². The molecule has 4 nitrogen and oxygen atoms in total. The smallest absolute Gasteiger partial charge is 0.280 e. The maximum absolute atomic E-state index is 11.2. The van der Waals surface area contributed by atoms with Crippen LogP contribution in [-0.4, -0.2) is 16.7 Å². The number of H-pyrrole nitrogens is 1. The standard InChI is InChI=1S/C11H18BrN3O/c1-8(2)5-3-4-6-13-9-7-14-15-11(16)10(9)12/h7-8H,3-6H2,1-2H3,(H2,13,15,16). The van der Waals surface area contributed by atoms with Crippen molar-refractivity contribution in [2.24, 2.45) is 5.92 Å². The zero-order chi connectivity index (χ0) is 12.0. The summed E-state index contributed by atoms with van der Waals surface area (Å²) in [5.41, 5.74) is 0.556. The van der Waals surface area contributed by atoms with Gasteiger partial charge in [0.15, 0.2) is 0 Å². The van der Waals surface area contributed by atoms with Gasteiger partial charge in [-0.3, -0.25) is 4.79 Å². The first-order valence-corrected chi connectivity index (χ1v) is 6.37. The zero-order valence-electron chi connectivity index (χ0n) is 9.72. The van der Waals surface area contributed by atoms with Gasteiger partial charge >= 0.3 is 0 Å². The number of nitrogens with zero attached hydrogens (tertiary/aromatic N) is 1. The predicted octanol–water partition coefficient (Wildman–Crippen LogP) is 2.77. The fourth-order valence-electron chi connectivity index (χ4n) is 1.41. The zero-order valence-corrected chi connectivity index (χ0v) is 11.3. The van der Waals surface area contributed by atoms with Crippen molar-refractivity contribution >= 4 is 21.6 Å². The molecule has 2 N–H and O–H groups in total. The van der Waals surface area contributed by atoms with E-state index in [4.69, 9.17) is 0 Å². The van der Waals surface area contributed by atoms with Crippen LogP contribution in [0.25, 0.3) is 0 Å². The largest absolute Gasteiger partial charge is 0.383 e. The Morgan fingerprint density at radius 2 is 2.25 bits per heavy atom. The summed E-state index contributed by atoms with van der Waals surface area (Å²) < 4.78 is 0.520. The number of aromatic amines is 1. The van der Waals surface area contributed by atoms with E-state index >= 15 is 0 Å². The van der Waals surface area contributed by atoms with Crippen molar-refractivity contribution in [3.8, 4) is 0 Å². The Labute approximate surface area is 104 Å². The van der Waals surface area contributed by atoms with Crippen LogP contribution in [0.15, 0.2) is 15.5 Å². The fraction of sp³-hybridized carbons (Fsp3) is 0.636.